The highest BCUT2D eigenvalue weighted by molar-refractivity contribution is 7.15. The number of carbonyl (C=O) groups is 2. The van der Waals surface area contributed by atoms with E-state index in [1.807, 2.05) is 11.8 Å². The van der Waals surface area contributed by atoms with Crippen LogP contribution in [0.5, 0.6) is 0 Å². The number of nitrogens with one attached hydrogen (secondary N) is 1. The second-order valence-corrected chi connectivity index (χ2v) is 6.89. The third kappa shape index (κ3) is 2.70. The standard InChI is InChI=1S/C14H19N3O2S/c1-9-7-15-14(20-9)16-13(19)10-6-12(18)17(8-10)11-4-2-3-5-11/h7,10-11H,2-6,8H2,1H3,(H,15,16,19)/t10-/m1/s1. The first kappa shape index (κ1) is 13.5. The third-order valence-corrected chi connectivity index (χ3v) is 4.97. The van der Waals surface area contributed by atoms with Crippen LogP contribution in [-0.4, -0.2) is 34.3 Å². The fourth-order valence-corrected chi connectivity index (χ4v) is 3.76. The largest absolute Gasteiger partial charge is 0.339 e. The van der Waals surface area contributed by atoms with E-state index in [0.717, 1.165) is 17.7 Å². The van der Waals surface area contributed by atoms with Crippen LogP contribution in [0.15, 0.2) is 6.20 Å². The fraction of sp³-hybridized carbons (Fsp3) is 0.643. The number of anilines is 1. The normalized spacial score (nSPS) is 23.6. The second kappa shape index (κ2) is 5.52. The Bertz CT molecular complexity index is 522. The van der Waals surface area contributed by atoms with E-state index in [0.29, 0.717) is 24.1 Å². The molecule has 1 aromatic heterocycles. The molecule has 0 spiro atoms. The number of carbonyl (C=O) groups excluding carboxylic acids is 2. The highest BCUT2D eigenvalue weighted by Crippen LogP contribution is 2.30. The van der Waals surface area contributed by atoms with Crippen molar-refractivity contribution in [3.8, 4) is 0 Å². The second-order valence-electron chi connectivity index (χ2n) is 5.65. The molecule has 1 aliphatic carbocycles. The molecule has 1 N–H and O–H groups in total. The molecule has 0 bridgehead atoms. The molecule has 20 heavy (non-hydrogen) atoms. The predicted molar refractivity (Wildman–Crippen MR) is 77.6 cm³/mol. The molecule has 2 amide bonds. The third-order valence-electron chi connectivity index (χ3n) is 4.15. The Hall–Kier alpha value is -1.43. The van der Waals surface area contributed by atoms with Gasteiger partial charge in [-0.05, 0) is 19.8 Å². The number of hydrogen-bond acceptors (Lipinski definition) is 4. The molecule has 6 heteroatoms. The topological polar surface area (TPSA) is 62.3 Å². The molecule has 1 saturated carbocycles. The van der Waals surface area contributed by atoms with Gasteiger partial charge in [-0.15, -0.1) is 11.3 Å². The van der Waals surface area contributed by atoms with Crippen LogP contribution in [0, 0.1) is 12.8 Å². The number of rotatable bonds is 3. The minimum Gasteiger partial charge on any atom is -0.339 e. The average molecular weight is 293 g/mol. The molecule has 0 radical (unpaired) electrons. The number of nitrogens with zero attached hydrogens (tertiary/aromatic N) is 2. The van der Waals surface area contributed by atoms with Crippen molar-refractivity contribution in [3.05, 3.63) is 11.1 Å². The molecular formula is C14H19N3O2S. The lowest BCUT2D eigenvalue weighted by Gasteiger charge is -2.23. The lowest BCUT2D eigenvalue weighted by Crippen LogP contribution is -2.35. The van der Waals surface area contributed by atoms with Crippen LogP contribution in [0.3, 0.4) is 0 Å². The summed E-state index contributed by atoms with van der Waals surface area (Å²) in [6.07, 6.45) is 6.66. The fourth-order valence-electron chi connectivity index (χ4n) is 3.10. The summed E-state index contributed by atoms with van der Waals surface area (Å²) in [6, 6.07) is 0.363. The Balaban J connectivity index is 1.60. The molecule has 108 valence electrons. The lowest BCUT2D eigenvalue weighted by atomic mass is 10.1. The van der Waals surface area contributed by atoms with Crippen molar-refractivity contribution in [3.63, 3.8) is 0 Å². The molecular weight excluding hydrogens is 274 g/mol. The van der Waals surface area contributed by atoms with Crippen molar-refractivity contribution < 1.29 is 9.59 Å². The van der Waals surface area contributed by atoms with Crippen molar-refractivity contribution in [2.45, 2.75) is 45.1 Å². The smallest absolute Gasteiger partial charge is 0.231 e. The zero-order valence-corrected chi connectivity index (χ0v) is 12.4. The summed E-state index contributed by atoms with van der Waals surface area (Å²) in [4.78, 5) is 31.4. The van der Waals surface area contributed by atoms with E-state index in [4.69, 9.17) is 0 Å². The molecule has 0 aromatic carbocycles. The Morgan fingerprint density at radius 2 is 2.20 bits per heavy atom. The Kier molecular flexibility index (Phi) is 3.74. The summed E-state index contributed by atoms with van der Waals surface area (Å²) in [7, 11) is 0. The molecule has 5 nitrogen and oxygen atoms in total. The van der Waals surface area contributed by atoms with E-state index in [-0.39, 0.29) is 17.7 Å². The number of thiazole rings is 1. The van der Waals surface area contributed by atoms with Gasteiger partial charge in [0.2, 0.25) is 11.8 Å². The van der Waals surface area contributed by atoms with Gasteiger partial charge in [0.1, 0.15) is 0 Å². The van der Waals surface area contributed by atoms with E-state index < -0.39 is 0 Å². The minimum atomic E-state index is -0.229. The molecule has 0 unspecified atom stereocenters. The Morgan fingerprint density at radius 3 is 2.85 bits per heavy atom. The van der Waals surface area contributed by atoms with Gasteiger partial charge >= 0.3 is 0 Å². The van der Waals surface area contributed by atoms with Gasteiger partial charge in [-0.2, -0.15) is 0 Å². The predicted octanol–water partition coefficient (Wildman–Crippen LogP) is 2.18. The van der Waals surface area contributed by atoms with Crippen LogP contribution in [-0.2, 0) is 9.59 Å². The van der Waals surface area contributed by atoms with Crippen LogP contribution in [0.1, 0.15) is 37.0 Å². The van der Waals surface area contributed by atoms with E-state index in [9.17, 15) is 9.59 Å². The minimum absolute atomic E-state index is 0.0757. The van der Waals surface area contributed by atoms with Crippen LogP contribution >= 0.6 is 11.3 Å². The molecule has 2 fully saturated rings. The monoisotopic (exact) mass is 293 g/mol. The van der Waals surface area contributed by atoms with E-state index in [1.165, 1.54) is 24.2 Å². The summed E-state index contributed by atoms with van der Waals surface area (Å²) in [6.45, 7) is 2.52. The van der Waals surface area contributed by atoms with Crippen LogP contribution < -0.4 is 5.32 Å². The zero-order chi connectivity index (χ0) is 14.1. The molecule has 1 atom stereocenters. The number of amides is 2. The molecule has 1 aliphatic heterocycles. The van der Waals surface area contributed by atoms with Crippen molar-refractivity contribution in [2.24, 2.45) is 5.92 Å². The first-order valence-corrected chi connectivity index (χ1v) is 7.98. The maximum absolute atomic E-state index is 12.2. The van der Waals surface area contributed by atoms with Gasteiger partial charge in [-0.1, -0.05) is 12.8 Å². The summed E-state index contributed by atoms with van der Waals surface area (Å²) in [5.74, 6) is -0.173. The maximum Gasteiger partial charge on any atom is 0.231 e. The maximum atomic E-state index is 12.2. The molecule has 3 rings (SSSR count). The molecule has 2 heterocycles. The van der Waals surface area contributed by atoms with Crippen LogP contribution in [0.4, 0.5) is 5.13 Å². The van der Waals surface area contributed by atoms with Crippen molar-refractivity contribution in [2.75, 3.05) is 11.9 Å². The van der Waals surface area contributed by atoms with Gasteiger partial charge in [0, 0.05) is 30.1 Å². The SMILES string of the molecule is Cc1cnc(NC(=O)[C@@H]2CC(=O)N(C3CCCC3)C2)s1. The van der Waals surface area contributed by atoms with Crippen LogP contribution in [0.25, 0.3) is 0 Å². The highest BCUT2D eigenvalue weighted by Gasteiger charge is 2.38. The zero-order valence-electron chi connectivity index (χ0n) is 11.6. The first-order chi connectivity index (χ1) is 9.63. The van der Waals surface area contributed by atoms with E-state index >= 15 is 0 Å². The average Bonchev–Trinajstić information content (AvgIpc) is 3.10. The quantitative estimate of drug-likeness (QED) is 0.929. The number of likely N-dealkylation sites (tertiary alicyclic amines) is 1. The number of aromatic nitrogens is 1. The van der Waals surface area contributed by atoms with Crippen molar-refractivity contribution in [1.82, 2.24) is 9.88 Å². The summed E-state index contributed by atoms with van der Waals surface area (Å²) >= 11 is 1.46. The van der Waals surface area contributed by atoms with Crippen LogP contribution in [0.2, 0.25) is 0 Å². The lowest BCUT2D eigenvalue weighted by molar-refractivity contribution is -0.129. The number of aryl methyl sites for hydroxylation is 1. The van der Waals surface area contributed by atoms with Gasteiger partial charge in [-0.3, -0.25) is 9.59 Å². The first-order valence-electron chi connectivity index (χ1n) is 7.16. The Labute approximate surface area is 122 Å². The summed E-state index contributed by atoms with van der Waals surface area (Å²) in [5, 5.41) is 3.45. The van der Waals surface area contributed by atoms with Crippen molar-refractivity contribution >= 4 is 28.3 Å². The van der Waals surface area contributed by atoms with Crippen molar-refractivity contribution in [1.29, 1.82) is 0 Å². The van der Waals surface area contributed by atoms with Gasteiger partial charge in [0.25, 0.3) is 0 Å². The van der Waals surface area contributed by atoms with Gasteiger partial charge in [-0.25, -0.2) is 4.98 Å². The number of hydrogen-bond donors (Lipinski definition) is 1. The Morgan fingerprint density at radius 1 is 1.45 bits per heavy atom. The van der Waals surface area contributed by atoms with Gasteiger partial charge in [0.05, 0.1) is 5.92 Å². The summed E-state index contributed by atoms with van der Waals surface area (Å²) < 4.78 is 0. The van der Waals surface area contributed by atoms with Gasteiger partial charge < -0.3 is 10.2 Å². The highest BCUT2D eigenvalue weighted by atomic mass is 32.1. The summed E-state index contributed by atoms with van der Waals surface area (Å²) in [5.41, 5.74) is 0. The molecule has 2 aliphatic rings. The van der Waals surface area contributed by atoms with Gasteiger partial charge in [0.15, 0.2) is 5.13 Å². The van der Waals surface area contributed by atoms with E-state index in [1.54, 1.807) is 6.20 Å². The molecule has 1 aromatic rings. The van der Waals surface area contributed by atoms with E-state index in [2.05, 4.69) is 10.3 Å². The molecule has 1 saturated heterocycles.